The highest BCUT2D eigenvalue weighted by Gasteiger charge is 2.48. The number of carboxylic acid groups (broad SMARTS) is 1. The molecule has 174 valence electrons. The zero-order chi connectivity index (χ0) is 23.9. The highest BCUT2D eigenvalue weighted by Crippen LogP contribution is 2.44. The summed E-state index contributed by atoms with van der Waals surface area (Å²) in [5.74, 6) is -1.74. The number of carbonyl (C=O) groups excluding carboxylic acids is 2. The predicted molar refractivity (Wildman–Crippen MR) is 127 cm³/mol. The molecule has 0 aliphatic heterocycles. The fourth-order valence-electron chi connectivity index (χ4n) is 4.45. The second-order valence-corrected chi connectivity index (χ2v) is 9.75. The molecule has 0 bridgehead atoms. The Labute approximate surface area is 200 Å². The van der Waals surface area contributed by atoms with Crippen LogP contribution in [0.1, 0.15) is 46.5 Å². The summed E-state index contributed by atoms with van der Waals surface area (Å²) in [6.45, 7) is 1.68. The summed E-state index contributed by atoms with van der Waals surface area (Å²) in [4.78, 5) is 41.0. The van der Waals surface area contributed by atoms with Gasteiger partial charge in [-0.05, 0) is 47.9 Å². The maximum atomic E-state index is 12.6. The topological polar surface area (TPSA) is 118 Å². The monoisotopic (exact) mass is 477 g/mol. The minimum atomic E-state index is -1.32. The first-order valence-corrected chi connectivity index (χ1v) is 11.8. The summed E-state index contributed by atoms with van der Waals surface area (Å²) in [5.41, 5.74) is 3.19. The number of aliphatic carboxylic acids is 1. The zero-order valence-electron chi connectivity index (χ0n) is 18.4. The zero-order valence-corrected chi connectivity index (χ0v) is 19.2. The van der Waals surface area contributed by atoms with Crippen molar-refractivity contribution in [3.63, 3.8) is 0 Å². The third kappa shape index (κ3) is 4.03. The molecule has 1 saturated carbocycles. The minimum absolute atomic E-state index is 0.0631. The molecule has 2 aliphatic carbocycles. The Morgan fingerprint density at radius 2 is 1.71 bits per heavy atom. The Bertz CT molecular complexity index is 1240. The van der Waals surface area contributed by atoms with Crippen molar-refractivity contribution in [2.75, 3.05) is 11.9 Å². The van der Waals surface area contributed by atoms with E-state index in [1.165, 1.54) is 13.1 Å². The number of benzene rings is 2. The van der Waals surface area contributed by atoms with Crippen LogP contribution in [0.4, 0.5) is 9.93 Å². The number of nitrogens with one attached hydrogen (secondary N) is 2. The molecule has 2 amide bonds. The van der Waals surface area contributed by atoms with Crippen molar-refractivity contribution in [2.24, 2.45) is 5.92 Å². The molecule has 1 aromatic heterocycles. The number of thiazole rings is 1. The Hall–Kier alpha value is -3.72. The first-order chi connectivity index (χ1) is 16.4. The van der Waals surface area contributed by atoms with Crippen molar-refractivity contribution < 1.29 is 24.2 Å². The van der Waals surface area contributed by atoms with Crippen LogP contribution in [0.3, 0.4) is 0 Å². The number of hydrogen-bond donors (Lipinski definition) is 3. The predicted octanol–water partition coefficient (Wildman–Crippen LogP) is 4.49. The van der Waals surface area contributed by atoms with Crippen LogP contribution < -0.4 is 10.6 Å². The van der Waals surface area contributed by atoms with Gasteiger partial charge < -0.3 is 15.2 Å². The summed E-state index contributed by atoms with van der Waals surface area (Å²) in [7, 11) is 0. The number of amides is 2. The van der Waals surface area contributed by atoms with Crippen LogP contribution in [-0.2, 0) is 9.53 Å². The smallest absolute Gasteiger partial charge is 0.413 e. The molecule has 9 heteroatoms. The lowest BCUT2D eigenvalue weighted by molar-refractivity contribution is -0.144. The number of nitrogens with zero attached hydrogens (tertiary/aromatic N) is 1. The van der Waals surface area contributed by atoms with Gasteiger partial charge in [0.25, 0.3) is 5.91 Å². The number of rotatable bonds is 7. The van der Waals surface area contributed by atoms with Gasteiger partial charge in [0.05, 0.1) is 6.20 Å². The van der Waals surface area contributed by atoms with E-state index in [0.717, 1.165) is 46.4 Å². The van der Waals surface area contributed by atoms with Gasteiger partial charge in [-0.25, -0.2) is 14.6 Å². The summed E-state index contributed by atoms with van der Waals surface area (Å²) in [6.07, 6.45) is 2.17. The number of anilines is 1. The molecule has 0 saturated heterocycles. The molecule has 34 heavy (non-hydrogen) atoms. The van der Waals surface area contributed by atoms with Crippen molar-refractivity contribution in [3.8, 4) is 11.1 Å². The number of carboxylic acids is 1. The van der Waals surface area contributed by atoms with E-state index < -0.39 is 23.5 Å². The van der Waals surface area contributed by atoms with E-state index in [4.69, 9.17) is 4.74 Å². The minimum Gasteiger partial charge on any atom is -0.480 e. The van der Waals surface area contributed by atoms with Crippen LogP contribution in [0.2, 0.25) is 0 Å². The van der Waals surface area contributed by atoms with Gasteiger partial charge in [0.1, 0.15) is 17.0 Å². The van der Waals surface area contributed by atoms with Gasteiger partial charge in [0.15, 0.2) is 5.13 Å². The molecule has 1 unspecified atom stereocenters. The maximum absolute atomic E-state index is 12.6. The van der Waals surface area contributed by atoms with E-state index in [1.807, 2.05) is 36.4 Å². The van der Waals surface area contributed by atoms with E-state index >= 15 is 0 Å². The van der Waals surface area contributed by atoms with Crippen LogP contribution in [0, 0.1) is 5.92 Å². The highest BCUT2D eigenvalue weighted by molar-refractivity contribution is 7.17. The van der Waals surface area contributed by atoms with Crippen LogP contribution in [0.5, 0.6) is 0 Å². The van der Waals surface area contributed by atoms with E-state index in [1.54, 1.807) is 0 Å². The lowest BCUT2D eigenvalue weighted by atomic mass is 9.96. The van der Waals surface area contributed by atoms with E-state index in [-0.39, 0.29) is 28.5 Å². The van der Waals surface area contributed by atoms with Gasteiger partial charge in [-0.3, -0.25) is 10.1 Å². The molecule has 8 nitrogen and oxygen atoms in total. The number of carbonyl (C=O) groups is 3. The molecule has 2 aliphatic rings. The fourth-order valence-corrected chi connectivity index (χ4v) is 5.14. The summed E-state index contributed by atoms with van der Waals surface area (Å²) in [5, 5.41) is 14.9. The van der Waals surface area contributed by atoms with Crippen molar-refractivity contribution in [2.45, 2.75) is 31.2 Å². The third-order valence-corrected chi connectivity index (χ3v) is 7.41. The summed E-state index contributed by atoms with van der Waals surface area (Å²) >= 11 is 0.961. The largest absolute Gasteiger partial charge is 0.480 e. The Morgan fingerprint density at radius 1 is 1.09 bits per heavy atom. The van der Waals surface area contributed by atoms with Crippen molar-refractivity contribution >= 4 is 34.4 Å². The normalized spacial score (nSPS) is 16.1. The van der Waals surface area contributed by atoms with Gasteiger partial charge in [0, 0.05) is 5.92 Å². The Morgan fingerprint density at radius 3 is 2.29 bits per heavy atom. The molecule has 1 atom stereocenters. The maximum Gasteiger partial charge on any atom is 0.413 e. The fraction of sp³-hybridized carbons (Fsp3) is 0.280. The average molecular weight is 478 g/mol. The molecule has 2 aromatic carbocycles. The lowest BCUT2D eigenvalue weighted by Gasteiger charge is -2.25. The van der Waals surface area contributed by atoms with Crippen molar-refractivity contribution in [1.29, 1.82) is 0 Å². The SMILES string of the molecule is CC(NC(=O)c1cnc(NC(=O)OCC2c3ccccc3-c3ccccc32)s1)(C(=O)O)C1CC1. The van der Waals surface area contributed by atoms with Gasteiger partial charge in [-0.2, -0.15) is 0 Å². The first-order valence-electron chi connectivity index (χ1n) is 11.0. The summed E-state index contributed by atoms with van der Waals surface area (Å²) < 4.78 is 5.50. The quantitative estimate of drug-likeness (QED) is 0.462. The number of hydrogen-bond acceptors (Lipinski definition) is 6. The van der Waals surface area contributed by atoms with Crippen molar-refractivity contribution in [3.05, 3.63) is 70.7 Å². The first kappa shape index (κ1) is 22.1. The average Bonchev–Trinajstić information content (AvgIpc) is 3.51. The molecule has 0 spiro atoms. The van der Waals surface area contributed by atoms with Gasteiger partial charge in [-0.15, -0.1) is 0 Å². The third-order valence-electron chi connectivity index (χ3n) is 6.49. The molecule has 0 radical (unpaired) electrons. The Kier molecular flexibility index (Phi) is 5.57. The lowest BCUT2D eigenvalue weighted by Crippen LogP contribution is -2.53. The van der Waals surface area contributed by atoms with Gasteiger partial charge in [-0.1, -0.05) is 59.9 Å². The number of aromatic nitrogens is 1. The molecule has 1 fully saturated rings. The molecular formula is C25H23N3O5S. The van der Waals surface area contributed by atoms with Crippen molar-refractivity contribution in [1.82, 2.24) is 10.3 Å². The Balaban J connectivity index is 1.21. The molecule has 3 N–H and O–H groups in total. The van der Waals surface area contributed by atoms with Gasteiger partial charge in [0.2, 0.25) is 0 Å². The van der Waals surface area contributed by atoms with E-state index in [2.05, 4.69) is 27.8 Å². The van der Waals surface area contributed by atoms with E-state index in [0.29, 0.717) is 0 Å². The van der Waals surface area contributed by atoms with Crippen LogP contribution in [-0.4, -0.2) is 40.2 Å². The number of ether oxygens (including phenoxy) is 1. The molecular weight excluding hydrogens is 454 g/mol. The standard InChI is InChI=1S/C25H23N3O5S/c1-25(22(30)31,14-10-11-14)28-21(29)20-12-26-23(34-20)27-24(32)33-13-19-17-8-4-2-6-15(17)16-7-3-5-9-18(16)19/h2-9,12,14,19H,10-11,13H2,1H3,(H,28,29)(H,30,31)(H,26,27,32). The van der Waals surface area contributed by atoms with Crippen LogP contribution >= 0.6 is 11.3 Å². The highest BCUT2D eigenvalue weighted by atomic mass is 32.1. The van der Waals surface area contributed by atoms with Crippen LogP contribution in [0.15, 0.2) is 54.7 Å². The molecule has 3 aromatic rings. The molecule has 1 heterocycles. The number of fused-ring (bicyclic) bond motifs is 3. The molecule has 5 rings (SSSR count). The van der Waals surface area contributed by atoms with Gasteiger partial charge >= 0.3 is 12.1 Å². The summed E-state index contributed by atoms with van der Waals surface area (Å²) in [6, 6.07) is 16.1. The second-order valence-electron chi connectivity index (χ2n) is 8.72. The van der Waals surface area contributed by atoms with E-state index in [9.17, 15) is 19.5 Å². The second kappa shape index (κ2) is 8.57. The van der Waals surface area contributed by atoms with Crippen LogP contribution in [0.25, 0.3) is 11.1 Å².